The van der Waals surface area contributed by atoms with Gasteiger partial charge in [0.15, 0.2) is 0 Å². The number of thioether (sulfide) groups is 1. The number of benzene rings is 1. The molecule has 1 aromatic carbocycles. The van der Waals surface area contributed by atoms with E-state index in [2.05, 4.69) is 21.6 Å². The molecule has 0 saturated heterocycles. The number of nitrogens with one attached hydrogen (secondary N) is 1. The van der Waals surface area contributed by atoms with Crippen LogP contribution in [-0.4, -0.2) is 26.4 Å². The summed E-state index contributed by atoms with van der Waals surface area (Å²) in [6.07, 6.45) is 1.59. The van der Waals surface area contributed by atoms with E-state index >= 15 is 0 Å². The molecule has 0 fully saturated rings. The van der Waals surface area contributed by atoms with Crippen molar-refractivity contribution in [1.82, 2.24) is 14.8 Å². The molecular formula is C22H18ClN5O3S. The number of hydrogen-bond acceptors (Lipinski definition) is 7. The maximum Gasteiger partial charge on any atom is 0.277 e. The fourth-order valence-electron chi connectivity index (χ4n) is 3.19. The lowest BCUT2D eigenvalue weighted by Gasteiger charge is -2.11. The maximum absolute atomic E-state index is 12.7. The van der Waals surface area contributed by atoms with Gasteiger partial charge in [-0.3, -0.25) is 4.79 Å². The summed E-state index contributed by atoms with van der Waals surface area (Å²) in [6, 6.07) is 12.9. The molecule has 0 aliphatic heterocycles. The lowest BCUT2D eigenvalue weighted by molar-refractivity contribution is -0.113. The topological polar surface area (TPSA) is 110 Å². The van der Waals surface area contributed by atoms with Gasteiger partial charge in [-0.05, 0) is 49.7 Å². The van der Waals surface area contributed by atoms with Crippen LogP contribution >= 0.6 is 23.4 Å². The van der Waals surface area contributed by atoms with Crippen molar-refractivity contribution in [3.05, 3.63) is 70.3 Å². The van der Waals surface area contributed by atoms with Gasteiger partial charge in [0.1, 0.15) is 17.6 Å². The lowest BCUT2D eigenvalue weighted by atomic mass is 10.2. The number of carbonyl (C=O) groups excluding carboxylic acids is 1. The third-order valence-electron chi connectivity index (χ3n) is 4.90. The third kappa shape index (κ3) is 4.56. The largest absolute Gasteiger partial charge is 0.467 e. The van der Waals surface area contributed by atoms with Gasteiger partial charge in [0.2, 0.25) is 11.8 Å². The second-order valence-electron chi connectivity index (χ2n) is 6.93. The Balaban J connectivity index is 1.47. The molecule has 3 aromatic heterocycles. The van der Waals surface area contributed by atoms with Crippen molar-refractivity contribution < 1.29 is 13.6 Å². The van der Waals surface area contributed by atoms with Crippen LogP contribution in [0.15, 0.2) is 56.7 Å². The SMILES string of the molecule is Cc1c(C#N)c(NC(=O)CSc2nnc(-c3cccc(Cl)c3)o2)n(Cc2ccco2)c1C. The Kier molecular flexibility index (Phi) is 6.35. The minimum absolute atomic E-state index is 0.0338. The van der Waals surface area contributed by atoms with Crippen LogP contribution in [0.25, 0.3) is 11.5 Å². The molecule has 0 atom stereocenters. The van der Waals surface area contributed by atoms with Gasteiger partial charge in [-0.2, -0.15) is 5.26 Å². The van der Waals surface area contributed by atoms with Crippen LogP contribution in [0.1, 0.15) is 22.6 Å². The normalized spacial score (nSPS) is 10.8. The summed E-state index contributed by atoms with van der Waals surface area (Å²) >= 11 is 7.10. The number of anilines is 1. The highest BCUT2D eigenvalue weighted by atomic mass is 35.5. The summed E-state index contributed by atoms with van der Waals surface area (Å²) in [6.45, 7) is 4.16. The van der Waals surface area contributed by atoms with Gasteiger partial charge < -0.3 is 18.7 Å². The molecule has 0 bridgehead atoms. The van der Waals surface area contributed by atoms with E-state index in [1.54, 1.807) is 30.5 Å². The fourth-order valence-corrected chi connectivity index (χ4v) is 3.94. The third-order valence-corrected chi connectivity index (χ3v) is 5.95. The van der Waals surface area contributed by atoms with Crippen LogP contribution < -0.4 is 5.32 Å². The molecule has 32 heavy (non-hydrogen) atoms. The van der Waals surface area contributed by atoms with Crippen molar-refractivity contribution in [2.24, 2.45) is 0 Å². The summed E-state index contributed by atoms with van der Waals surface area (Å²) in [4.78, 5) is 12.7. The molecule has 1 amide bonds. The Hall–Kier alpha value is -3.48. The first-order valence-electron chi connectivity index (χ1n) is 9.60. The summed E-state index contributed by atoms with van der Waals surface area (Å²) < 4.78 is 12.9. The molecule has 0 spiro atoms. The van der Waals surface area contributed by atoms with Gasteiger partial charge in [0.25, 0.3) is 5.22 Å². The van der Waals surface area contributed by atoms with E-state index in [1.807, 2.05) is 30.5 Å². The minimum atomic E-state index is -0.299. The number of carbonyl (C=O) groups is 1. The van der Waals surface area contributed by atoms with Crippen LogP contribution in [0.5, 0.6) is 0 Å². The number of amides is 1. The molecule has 0 unspecified atom stereocenters. The monoisotopic (exact) mass is 467 g/mol. The number of nitrogens with zero attached hydrogens (tertiary/aromatic N) is 4. The first kappa shape index (κ1) is 21.7. The van der Waals surface area contributed by atoms with Crippen LogP contribution in [0, 0.1) is 25.2 Å². The molecule has 4 rings (SSSR count). The van der Waals surface area contributed by atoms with Gasteiger partial charge in [-0.15, -0.1) is 10.2 Å². The van der Waals surface area contributed by atoms with Gasteiger partial charge in [-0.25, -0.2) is 0 Å². The summed E-state index contributed by atoms with van der Waals surface area (Å²) in [7, 11) is 0. The molecule has 0 saturated carbocycles. The van der Waals surface area contributed by atoms with E-state index < -0.39 is 0 Å². The highest BCUT2D eigenvalue weighted by Gasteiger charge is 2.21. The zero-order valence-electron chi connectivity index (χ0n) is 17.3. The molecule has 0 radical (unpaired) electrons. The van der Waals surface area contributed by atoms with Crippen LogP contribution in [0.3, 0.4) is 0 Å². The van der Waals surface area contributed by atoms with E-state index in [-0.39, 0.29) is 16.9 Å². The number of aromatic nitrogens is 3. The van der Waals surface area contributed by atoms with Gasteiger partial charge in [-0.1, -0.05) is 29.4 Å². The van der Waals surface area contributed by atoms with Crippen molar-refractivity contribution in [3.8, 4) is 17.5 Å². The Morgan fingerprint density at radius 1 is 1.28 bits per heavy atom. The molecule has 8 nitrogen and oxygen atoms in total. The Bertz CT molecular complexity index is 1300. The molecule has 1 N–H and O–H groups in total. The summed E-state index contributed by atoms with van der Waals surface area (Å²) in [5, 5.41) is 21.3. The fraction of sp³-hybridized carbons (Fsp3) is 0.182. The standard InChI is InChI=1S/C22H18ClN5O3S/c1-13-14(2)28(11-17-7-4-8-30-17)20(18(13)10-24)25-19(29)12-32-22-27-26-21(31-22)15-5-3-6-16(23)9-15/h3-9H,11-12H2,1-2H3,(H,25,29). The Morgan fingerprint density at radius 3 is 2.84 bits per heavy atom. The first-order chi connectivity index (χ1) is 15.5. The molecule has 4 aromatic rings. The second-order valence-corrected chi connectivity index (χ2v) is 8.29. The van der Waals surface area contributed by atoms with Gasteiger partial charge in [0.05, 0.1) is 24.1 Å². The number of halogens is 1. The predicted molar refractivity (Wildman–Crippen MR) is 121 cm³/mol. The molecular weight excluding hydrogens is 450 g/mol. The first-order valence-corrected chi connectivity index (χ1v) is 11.0. The highest BCUT2D eigenvalue weighted by molar-refractivity contribution is 7.99. The van der Waals surface area contributed by atoms with Crippen LogP contribution in [-0.2, 0) is 11.3 Å². The minimum Gasteiger partial charge on any atom is -0.467 e. The van der Waals surface area contributed by atoms with Gasteiger partial charge >= 0.3 is 0 Å². The van der Waals surface area contributed by atoms with E-state index in [4.69, 9.17) is 20.4 Å². The van der Waals surface area contributed by atoms with Crippen molar-refractivity contribution in [1.29, 1.82) is 5.26 Å². The van der Waals surface area contributed by atoms with Crippen molar-refractivity contribution in [2.75, 3.05) is 11.1 Å². The van der Waals surface area contributed by atoms with Gasteiger partial charge in [0, 0.05) is 16.3 Å². The van der Waals surface area contributed by atoms with Crippen LogP contribution in [0.2, 0.25) is 5.02 Å². The van der Waals surface area contributed by atoms with Crippen molar-refractivity contribution in [2.45, 2.75) is 25.6 Å². The number of rotatable bonds is 7. The zero-order valence-corrected chi connectivity index (χ0v) is 18.8. The summed E-state index contributed by atoms with van der Waals surface area (Å²) in [5.74, 6) is 1.21. The predicted octanol–water partition coefficient (Wildman–Crippen LogP) is 5.05. The lowest BCUT2D eigenvalue weighted by Crippen LogP contribution is -2.18. The van der Waals surface area contributed by atoms with Crippen molar-refractivity contribution in [3.63, 3.8) is 0 Å². The average molecular weight is 468 g/mol. The zero-order chi connectivity index (χ0) is 22.7. The van der Waals surface area contributed by atoms with Crippen LogP contribution in [0.4, 0.5) is 5.82 Å². The number of hydrogen-bond donors (Lipinski definition) is 1. The Morgan fingerprint density at radius 2 is 2.12 bits per heavy atom. The quantitative estimate of drug-likeness (QED) is 0.378. The van der Waals surface area contributed by atoms with E-state index in [9.17, 15) is 10.1 Å². The molecule has 3 heterocycles. The average Bonchev–Trinajstić information content (AvgIpc) is 3.51. The summed E-state index contributed by atoms with van der Waals surface area (Å²) in [5.41, 5.74) is 2.81. The molecule has 10 heteroatoms. The van der Waals surface area contributed by atoms with E-state index in [1.165, 1.54) is 0 Å². The molecule has 162 valence electrons. The second kappa shape index (κ2) is 9.34. The molecule has 0 aliphatic carbocycles. The number of nitriles is 1. The molecule has 0 aliphatic rings. The van der Waals surface area contributed by atoms with Crippen molar-refractivity contribution >= 4 is 35.1 Å². The maximum atomic E-state index is 12.7. The van der Waals surface area contributed by atoms with E-state index in [0.29, 0.717) is 34.4 Å². The number of furan rings is 1. The smallest absolute Gasteiger partial charge is 0.277 e. The Labute approximate surface area is 193 Å². The highest BCUT2D eigenvalue weighted by Crippen LogP contribution is 2.29. The van der Waals surface area contributed by atoms with E-state index in [0.717, 1.165) is 28.8 Å².